The van der Waals surface area contributed by atoms with Crippen molar-refractivity contribution in [2.75, 3.05) is 20.8 Å². The van der Waals surface area contributed by atoms with Crippen LogP contribution in [0.25, 0.3) is 0 Å². The van der Waals surface area contributed by atoms with E-state index in [0.717, 1.165) is 18.5 Å². The summed E-state index contributed by atoms with van der Waals surface area (Å²) in [5.74, 6) is 1.81. The number of nitrogens with one attached hydrogen (secondary N) is 2. The Kier molecular flexibility index (Phi) is 4.84. The molecule has 1 aliphatic heterocycles. The summed E-state index contributed by atoms with van der Waals surface area (Å²) in [6, 6.07) is 5.57. The lowest BCUT2D eigenvalue weighted by Crippen LogP contribution is -2.42. The number of amides is 1. The Balaban J connectivity index is 1.95. The largest absolute Gasteiger partial charge is 0.493 e. The number of benzene rings is 1. The van der Waals surface area contributed by atoms with Crippen LogP contribution in [-0.4, -0.2) is 32.7 Å². The van der Waals surface area contributed by atoms with Crippen molar-refractivity contribution in [2.24, 2.45) is 5.92 Å². The summed E-state index contributed by atoms with van der Waals surface area (Å²) in [6.45, 7) is 3.50. The minimum Gasteiger partial charge on any atom is -0.493 e. The number of methoxy groups -OCH3 is 2. The predicted molar refractivity (Wildman–Crippen MR) is 77.0 cm³/mol. The SMILES string of the molecule is COc1ccc(CNC(=O)C2NCCC2C)cc1OC. The van der Waals surface area contributed by atoms with Gasteiger partial charge >= 0.3 is 0 Å². The molecule has 1 aliphatic rings. The van der Waals surface area contributed by atoms with Crippen LogP contribution in [0.5, 0.6) is 11.5 Å². The first-order chi connectivity index (χ1) is 9.65. The van der Waals surface area contributed by atoms with Crippen LogP contribution in [-0.2, 0) is 11.3 Å². The number of ether oxygens (including phenoxy) is 2. The molecular formula is C15H22N2O3. The molecule has 0 aliphatic carbocycles. The van der Waals surface area contributed by atoms with Gasteiger partial charge in [0.25, 0.3) is 0 Å². The summed E-state index contributed by atoms with van der Waals surface area (Å²) in [5, 5.41) is 6.19. The molecule has 0 saturated carbocycles. The molecule has 0 spiro atoms. The van der Waals surface area contributed by atoms with Crippen molar-refractivity contribution in [3.05, 3.63) is 23.8 Å². The van der Waals surface area contributed by atoms with Gasteiger partial charge in [-0.05, 0) is 36.6 Å². The van der Waals surface area contributed by atoms with Gasteiger partial charge in [0.2, 0.25) is 5.91 Å². The molecule has 2 rings (SSSR count). The summed E-state index contributed by atoms with van der Waals surface area (Å²) >= 11 is 0. The maximum absolute atomic E-state index is 12.1. The van der Waals surface area contributed by atoms with Crippen molar-refractivity contribution < 1.29 is 14.3 Å². The quantitative estimate of drug-likeness (QED) is 0.853. The van der Waals surface area contributed by atoms with E-state index in [0.29, 0.717) is 24.0 Å². The minimum atomic E-state index is -0.0739. The maximum Gasteiger partial charge on any atom is 0.237 e. The first-order valence-corrected chi connectivity index (χ1v) is 6.87. The molecule has 1 amide bonds. The summed E-state index contributed by atoms with van der Waals surface area (Å²) in [7, 11) is 3.21. The van der Waals surface area contributed by atoms with Crippen molar-refractivity contribution in [1.82, 2.24) is 10.6 Å². The Hall–Kier alpha value is -1.75. The zero-order valence-corrected chi connectivity index (χ0v) is 12.2. The van der Waals surface area contributed by atoms with E-state index in [9.17, 15) is 4.79 Å². The van der Waals surface area contributed by atoms with E-state index < -0.39 is 0 Å². The molecule has 1 fully saturated rings. The smallest absolute Gasteiger partial charge is 0.237 e. The van der Waals surface area contributed by atoms with Crippen molar-refractivity contribution in [3.8, 4) is 11.5 Å². The summed E-state index contributed by atoms with van der Waals surface area (Å²) < 4.78 is 10.4. The average Bonchev–Trinajstić information content (AvgIpc) is 2.90. The fourth-order valence-electron chi connectivity index (χ4n) is 2.48. The second-order valence-corrected chi connectivity index (χ2v) is 5.10. The zero-order valence-electron chi connectivity index (χ0n) is 12.2. The van der Waals surface area contributed by atoms with Crippen LogP contribution in [0, 0.1) is 5.92 Å². The highest BCUT2D eigenvalue weighted by atomic mass is 16.5. The van der Waals surface area contributed by atoms with E-state index in [1.54, 1.807) is 14.2 Å². The third kappa shape index (κ3) is 3.22. The van der Waals surface area contributed by atoms with Gasteiger partial charge in [-0.2, -0.15) is 0 Å². The van der Waals surface area contributed by atoms with Crippen LogP contribution in [0.3, 0.4) is 0 Å². The van der Waals surface area contributed by atoms with Gasteiger partial charge in [-0.1, -0.05) is 13.0 Å². The van der Waals surface area contributed by atoms with E-state index in [1.165, 1.54) is 0 Å². The lowest BCUT2D eigenvalue weighted by Gasteiger charge is -2.16. The number of rotatable bonds is 5. The van der Waals surface area contributed by atoms with E-state index >= 15 is 0 Å². The zero-order chi connectivity index (χ0) is 14.5. The van der Waals surface area contributed by atoms with Gasteiger partial charge in [0.15, 0.2) is 11.5 Å². The standard InChI is InChI=1S/C15H22N2O3/c1-10-6-7-16-14(10)15(18)17-9-11-4-5-12(19-2)13(8-11)20-3/h4-5,8,10,14,16H,6-7,9H2,1-3H3,(H,17,18). The first kappa shape index (κ1) is 14.7. The monoisotopic (exact) mass is 278 g/mol. The molecule has 20 heavy (non-hydrogen) atoms. The molecule has 2 N–H and O–H groups in total. The van der Waals surface area contributed by atoms with E-state index in [2.05, 4.69) is 17.6 Å². The highest BCUT2D eigenvalue weighted by Gasteiger charge is 2.28. The number of hydrogen-bond donors (Lipinski definition) is 2. The van der Waals surface area contributed by atoms with Crippen LogP contribution in [0.1, 0.15) is 18.9 Å². The van der Waals surface area contributed by atoms with Gasteiger partial charge in [-0.3, -0.25) is 4.79 Å². The lowest BCUT2D eigenvalue weighted by atomic mass is 10.0. The Bertz CT molecular complexity index is 476. The molecule has 1 aromatic rings. The molecule has 0 bridgehead atoms. The van der Waals surface area contributed by atoms with Crippen LogP contribution in [0.2, 0.25) is 0 Å². The molecule has 1 heterocycles. The Morgan fingerprint density at radius 3 is 2.70 bits per heavy atom. The molecule has 5 nitrogen and oxygen atoms in total. The van der Waals surface area contributed by atoms with Gasteiger partial charge < -0.3 is 20.1 Å². The molecule has 2 atom stereocenters. The predicted octanol–water partition coefficient (Wildman–Crippen LogP) is 1.32. The molecule has 1 saturated heterocycles. The topological polar surface area (TPSA) is 59.6 Å². The molecular weight excluding hydrogens is 256 g/mol. The second kappa shape index (κ2) is 6.61. The van der Waals surface area contributed by atoms with Gasteiger partial charge in [0.05, 0.1) is 20.3 Å². The average molecular weight is 278 g/mol. The van der Waals surface area contributed by atoms with E-state index in [4.69, 9.17) is 9.47 Å². The third-order valence-electron chi connectivity index (χ3n) is 3.73. The lowest BCUT2D eigenvalue weighted by molar-refractivity contribution is -0.123. The number of carbonyl (C=O) groups excluding carboxylic acids is 1. The van der Waals surface area contributed by atoms with Crippen molar-refractivity contribution >= 4 is 5.91 Å². The molecule has 0 radical (unpaired) electrons. The Labute approximate surface area is 119 Å². The second-order valence-electron chi connectivity index (χ2n) is 5.10. The normalized spacial score (nSPS) is 21.6. The summed E-state index contributed by atoms with van der Waals surface area (Å²) in [6.07, 6.45) is 1.05. The highest BCUT2D eigenvalue weighted by Crippen LogP contribution is 2.27. The van der Waals surface area contributed by atoms with Gasteiger partial charge in [-0.25, -0.2) is 0 Å². The molecule has 5 heteroatoms. The van der Waals surface area contributed by atoms with Crippen molar-refractivity contribution in [1.29, 1.82) is 0 Å². The Morgan fingerprint density at radius 1 is 1.35 bits per heavy atom. The van der Waals surface area contributed by atoms with Crippen LogP contribution < -0.4 is 20.1 Å². The molecule has 0 aromatic heterocycles. The van der Waals surface area contributed by atoms with E-state index in [1.807, 2.05) is 18.2 Å². The fraction of sp³-hybridized carbons (Fsp3) is 0.533. The van der Waals surface area contributed by atoms with Crippen LogP contribution >= 0.6 is 0 Å². The van der Waals surface area contributed by atoms with E-state index in [-0.39, 0.29) is 11.9 Å². The third-order valence-corrected chi connectivity index (χ3v) is 3.73. The highest BCUT2D eigenvalue weighted by molar-refractivity contribution is 5.82. The number of carbonyl (C=O) groups is 1. The van der Waals surface area contributed by atoms with Crippen molar-refractivity contribution in [2.45, 2.75) is 25.9 Å². The van der Waals surface area contributed by atoms with Crippen molar-refractivity contribution in [3.63, 3.8) is 0 Å². The fourth-order valence-corrected chi connectivity index (χ4v) is 2.48. The van der Waals surface area contributed by atoms with Crippen LogP contribution in [0.4, 0.5) is 0 Å². The first-order valence-electron chi connectivity index (χ1n) is 6.87. The van der Waals surface area contributed by atoms with Gasteiger partial charge in [-0.15, -0.1) is 0 Å². The molecule has 110 valence electrons. The number of hydrogen-bond acceptors (Lipinski definition) is 4. The Morgan fingerprint density at radius 2 is 2.10 bits per heavy atom. The summed E-state index contributed by atoms with van der Waals surface area (Å²) in [5.41, 5.74) is 0.988. The minimum absolute atomic E-state index is 0.0600. The summed E-state index contributed by atoms with van der Waals surface area (Å²) in [4.78, 5) is 12.1. The molecule has 1 aromatic carbocycles. The van der Waals surface area contributed by atoms with Crippen LogP contribution in [0.15, 0.2) is 18.2 Å². The molecule has 2 unspecified atom stereocenters. The van der Waals surface area contributed by atoms with Gasteiger partial charge in [0, 0.05) is 6.54 Å². The maximum atomic E-state index is 12.1. The van der Waals surface area contributed by atoms with Gasteiger partial charge in [0.1, 0.15) is 0 Å².